The number of likely N-dealkylation sites (tertiary alicyclic amines) is 1. The molecule has 0 saturated carbocycles. The molecule has 160 valence electrons. The maximum Gasteiger partial charge on any atom is 0.338 e. The molecule has 2 aliphatic heterocycles. The smallest absolute Gasteiger partial charge is 0.338 e. The SMILES string of the molecule is O=C(OCC(=O)N1CCCCCCC1)c1ccc(S(=O)(=O)N2CCCCC2)cc1. The molecule has 0 aliphatic carbocycles. The lowest BCUT2D eigenvalue weighted by molar-refractivity contribution is -0.134. The van der Waals surface area contributed by atoms with Crippen LogP contribution in [0.2, 0.25) is 0 Å². The van der Waals surface area contributed by atoms with E-state index in [0.717, 1.165) is 44.9 Å². The molecule has 2 fully saturated rings. The van der Waals surface area contributed by atoms with E-state index in [1.165, 1.54) is 35.0 Å². The number of carbonyl (C=O) groups excluding carboxylic acids is 2. The Bertz CT molecular complexity index is 793. The fraction of sp³-hybridized carbons (Fsp3) is 0.619. The molecule has 0 unspecified atom stereocenters. The molecule has 1 aromatic carbocycles. The van der Waals surface area contributed by atoms with Crippen LogP contribution in [-0.4, -0.2) is 62.3 Å². The molecular weight excluding hydrogens is 392 g/mol. The number of ether oxygens (including phenoxy) is 1. The van der Waals surface area contributed by atoms with Gasteiger partial charge in [-0.25, -0.2) is 13.2 Å². The zero-order chi connectivity index (χ0) is 20.7. The minimum atomic E-state index is -3.53. The van der Waals surface area contributed by atoms with E-state index in [0.29, 0.717) is 26.2 Å². The van der Waals surface area contributed by atoms with Crippen molar-refractivity contribution in [2.24, 2.45) is 0 Å². The molecule has 0 N–H and O–H groups in total. The fourth-order valence-corrected chi connectivity index (χ4v) is 5.33. The van der Waals surface area contributed by atoms with E-state index >= 15 is 0 Å². The Balaban J connectivity index is 1.55. The topological polar surface area (TPSA) is 84.0 Å². The summed E-state index contributed by atoms with van der Waals surface area (Å²) in [6.07, 6.45) is 8.20. The molecule has 2 aliphatic rings. The van der Waals surface area contributed by atoms with E-state index in [2.05, 4.69) is 0 Å². The second-order valence-corrected chi connectivity index (χ2v) is 9.65. The molecule has 0 spiro atoms. The number of esters is 1. The van der Waals surface area contributed by atoms with Crippen molar-refractivity contribution in [3.05, 3.63) is 29.8 Å². The summed E-state index contributed by atoms with van der Waals surface area (Å²) in [6, 6.07) is 5.75. The molecular formula is C21H30N2O5S. The summed E-state index contributed by atoms with van der Waals surface area (Å²) in [7, 11) is -3.53. The van der Waals surface area contributed by atoms with Gasteiger partial charge in [-0.2, -0.15) is 4.31 Å². The third-order valence-electron chi connectivity index (χ3n) is 5.58. The largest absolute Gasteiger partial charge is 0.452 e. The van der Waals surface area contributed by atoms with E-state index in [1.807, 2.05) is 0 Å². The first-order valence-corrected chi connectivity index (χ1v) is 12.0. The number of hydrogen-bond acceptors (Lipinski definition) is 5. The van der Waals surface area contributed by atoms with Gasteiger partial charge in [-0.3, -0.25) is 4.79 Å². The number of piperidine rings is 1. The van der Waals surface area contributed by atoms with Crippen molar-refractivity contribution in [2.45, 2.75) is 56.3 Å². The van der Waals surface area contributed by atoms with Crippen LogP contribution in [0.4, 0.5) is 0 Å². The summed E-state index contributed by atoms with van der Waals surface area (Å²) >= 11 is 0. The van der Waals surface area contributed by atoms with Crippen molar-refractivity contribution in [2.75, 3.05) is 32.8 Å². The Kier molecular flexibility index (Phi) is 7.66. The average molecular weight is 423 g/mol. The van der Waals surface area contributed by atoms with E-state index in [9.17, 15) is 18.0 Å². The minimum absolute atomic E-state index is 0.174. The van der Waals surface area contributed by atoms with Gasteiger partial charge in [0.25, 0.3) is 5.91 Å². The zero-order valence-electron chi connectivity index (χ0n) is 16.8. The van der Waals surface area contributed by atoms with Crippen LogP contribution >= 0.6 is 0 Å². The lowest BCUT2D eigenvalue weighted by Gasteiger charge is -2.25. The summed E-state index contributed by atoms with van der Waals surface area (Å²) in [5, 5.41) is 0. The molecule has 1 amide bonds. The summed E-state index contributed by atoms with van der Waals surface area (Å²) in [4.78, 5) is 26.5. The van der Waals surface area contributed by atoms with Gasteiger partial charge in [0.2, 0.25) is 10.0 Å². The van der Waals surface area contributed by atoms with Crippen LogP contribution in [0, 0.1) is 0 Å². The van der Waals surface area contributed by atoms with Crippen LogP contribution in [0.5, 0.6) is 0 Å². The highest BCUT2D eigenvalue weighted by Crippen LogP contribution is 2.21. The highest BCUT2D eigenvalue weighted by Gasteiger charge is 2.26. The Labute approximate surface area is 173 Å². The molecule has 0 atom stereocenters. The van der Waals surface area contributed by atoms with Crippen LogP contribution in [0.1, 0.15) is 61.7 Å². The van der Waals surface area contributed by atoms with Gasteiger partial charge in [-0.1, -0.05) is 25.7 Å². The van der Waals surface area contributed by atoms with Gasteiger partial charge in [-0.05, 0) is 49.9 Å². The minimum Gasteiger partial charge on any atom is -0.452 e. The first-order chi connectivity index (χ1) is 14.0. The van der Waals surface area contributed by atoms with Crippen LogP contribution < -0.4 is 0 Å². The van der Waals surface area contributed by atoms with Crippen molar-refractivity contribution in [1.82, 2.24) is 9.21 Å². The Morgan fingerprint density at radius 3 is 1.93 bits per heavy atom. The van der Waals surface area contributed by atoms with Gasteiger partial charge in [0, 0.05) is 26.2 Å². The number of hydrogen-bond donors (Lipinski definition) is 0. The number of benzene rings is 1. The first-order valence-electron chi connectivity index (χ1n) is 10.5. The van der Waals surface area contributed by atoms with Crippen LogP contribution in [0.25, 0.3) is 0 Å². The summed E-state index contributed by atoms with van der Waals surface area (Å²) in [5.41, 5.74) is 0.239. The second-order valence-electron chi connectivity index (χ2n) is 7.71. The van der Waals surface area contributed by atoms with Gasteiger partial charge in [0.05, 0.1) is 10.5 Å². The normalized spacial score (nSPS) is 19.2. The number of rotatable bonds is 5. The van der Waals surface area contributed by atoms with Crippen LogP contribution in [0.15, 0.2) is 29.2 Å². The van der Waals surface area contributed by atoms with Gasteiger partial charge >= 0.3 is 5.97 Å². The standard InChI is InChI=1S/C21H30N2O5S/c24-20(22-13-5-2-1-3-6-14-22)17-28-21(25)18-9-11-19(12-10-18)29(26,27)23-15-7-4-8-16-23/h9-12H,1-8,13-17H2. The highest BCUT2D eigenvalue weighted by atomic mass is 32.2. The van der Waals surface area contributed by atoms with Crippen molar-refractivity contribution < 1.29 is 22.7 Å². The average Bonchev–Trinajstić information content (AvgIpc) is 2.72. The lowest BCUT2D eigenvalue weighted by atomic mass is 10.1. The lowest BCUT2D eigenvalue weighted by Crippen LogP contribution is -2.37. The maximum atomic E-state index is 12.7. The van der Waals surface area contributed by atoms with Crippen molar-refractivity contribution in [1.29, 1.82) is 0 Å². The fourth-order valence-electron chi connectivity index (χ4n) is 3.82. The number of sulfonamides is 1. The van der Waals surface area contributed by atoms with Gasteiger partial charge in [0.1, 0.15) is 0 Å². The monoisotopic (exact) mass is 422 g/mol. The Morgan fingerprint density at radius 1 is 0.793 bits per heavy atom. The number of amides is 1. The molecule has 2 heterocycles. The van der Waals surface area contributed by atoms with Gasteiger partial charge in [0.15, 0.2) is 6.61 Å². The molecule has 3 rings (SSSR count). The zero-order valence-corrected chi connectivity index (χ0v) is 17.7. The van der Waals surface area contributed by atoms with Crippen molar-refractivity contribution >= 4 is 21.9 Å². The van der Waals surface area contributed by atoms with E-state index < -0.39 is 16.0 Å². The van der Waals surface area contributed by atoms with Crippen molar-refractivity contribution in [3.8, 4) is 0 Å². The molecule has 8 heteroatoms. The summed E-state index contributed by atoms with van der Waals surface area (Å²) in [6.45, 7) is 2.20. The van der Waals surface area contributed by atoms with Crippen molar-refractivity contribution in [3.63, 3.8) is 0 Å². The molecule has 0 bridgehead atoms. The highest BCUT2D eigenvalue weighted by molar-refractivity contribution is 7.89. The summed E-state index contributed by atoms with van der Waals surface area (Å²) in [5.74, 6) is -0.795. The van der Waals surface area contributed by atoms with Crippen LogP contribution in [-0.2, 0) is 19.6 Å². The van der Waals surface area contributed by atoms with E-state index in [-0.39, 0.29) is 23.0 Å². The van der Waals surface area contributed by atoms with Gasteiger partial charge < -0.3 is 9.64 Å². The summed E-state index contributed by atoms with van der Waals surface area (Å²) < 4.78 is 32.0. The molecule has 2 saturated heterocycles. The third kappa shape index (κ3) is 5.79. The molecule has 0 radical (unpaired) electrons. The number of nitrogens with zero attached hydrogens (tertiary/aromatic N) is 2. The van der Waals surface area contributed by atoms with Gasteiger partial charge in [-0.15, -0.1) is 0 Å². The number of carbonyl (C=O) groups is 2. The molecule has 29 heavy (non-hydrogen) atoms. The first kappa shape index (κ1) is 21.8. The second kappa shape index (κ2) is 10.2. The quantitative estimate of drug-likeness (QED) is 0.682. The Morgan fingerprint density at radius 2 is 1.31 bits per heavy atom. The predicted molar refractivity (Wildman–Crippen MR) is 109 cm³/mol. The van der Waals surface area contributed by atoms with E-state index in [1.54, 1.807) is 4.90 Å². The molecule has 1 aromatic rings. The predicted octanol–water partition coefficient (Wildman–Crippen LogP) is 2.81. The Hall–Kier alpha value is -1.93. The third-order valence-corrected chi connectivity index (χ3v) is 7.49. The maximum absolute atomic E-state index is 12.7. The van der Waals surface area contributed by atoms with E-state index in [4.69, 9.17) is 4.74 Å². The molecule has 7 nitrogen and oxygen atoms in total. The molecule has 0 aromatic heterocycles. The van der Waals surface area contributed by atoms with Crippen LogP contribution in [0.3, 0.4) is 0 Å².